The van der Waals surface area contributed by atoms with E-state index in [-0.39, 0.29) is 23.1 Å². The molecule has 5 nitrogen and oxygen atoms in total. The predicted octanol–water partition coefficient (Wildman–Crippen LogP) is 2.90. The first-order chi connectivity index (χ1) is 11.1. The predicted molar refractivity (Wildman–Crippen MR) is 85.2 cm³/mol. The molecule has 2 aromatic rings. The second-order valence-electron chi connectivity index (χ2n) is 6.70. The Morgan fingerprint density at radius 3 is 2.78 bits per heavy atom. The normalized spacial score (nSPS) is 22.8. The summed E-state index contributed by atoms with van der Waals surface area (Å²) in [6, 6.07) is 7.46. The van der Waals surface area contributed by atoms with Crippen LogP contribution in [-0.4, -0.2) is 21.8 Å². The summed E-state index contributed by atoms with van der Waals surface area (Å²) in [5, 5.41) is 0. The third kappa shape index (κ3) is 2.83. The minimum absolute atomic E-state index is 0.196. The molecule has 0 unspecified atom stereocenters. The van der Waals surface area contributed by atoms with E-state index in [1.807, 2.05) is 12.1 Å². The molecule has 23 heavy (non-hydrogen) atoms. The number of aromatic nitrogens is 1. The maximum Gasteiger partial charge on any atom is 0.260 e. The van der Waals surface area contributed by atoms with E-state index in [1.54, 1.807) is 17.0 Å². The van der Waals surface area contributed by atoms with E-state index in [2.05, 4.69) is 11.9 Å². The zero-order chi connectivity index (χ0) is 16.0. The molecule has 0 spiro atoms. The van der Waals surface area contributed by atoms with Crippen LogP contribution in [0.1, 0.15) is 54.0 Å². The molecule has 2 atom stereocenters. The van der Waals surface area contributed by atoms with Gasteiger partial charge in [0.2, 0.25) is 0 Å². The number of aromatic amines is 1. The van der Waals surface area contributed by atoms with Gasteiger partial charge in [-0.3, -0.25) is 9.59 Å². The molecule has 4 rings (SSSR count). The van der Waals surface area contributed by atoms with E-state index in [4.69, 9.17) is 4.42 Å². The van der Waals surface area contributed by atoms with Crippen LogP contribution in [0.25, 0.3) is 0 Å². The first kappa shape index (κ1) is 14.3. The molecule has 2 fully saturated rings. The molecule has 2 saturated carbocycles. The van der Waals surface area contributed by atoms with Gasteiger partial charge in [0.25, 0.3) is 11.5 Å². The van der Waals surface area contributed by atoms with Crippen LogP contribution in [0.2, 0.25) is 0 Å². The molecule has 0 radical (unpaired) electrons. The van der Waals surface area contributed by atoms with Gasteiger partial charge in [-0.05, 0) is 49.4 Å². The summed E-state index contributed by atoms with van der Waals surface area (Å²) >= 11 is 0. The van der Waals surface area contributed by atoms with Gasteiger partial charge in [0.1, 0.15) is 17.1 Å². The Balaban J connectivity index is 1.54. The lowest BCUT2D eigenvalue weighted by atomic mass is 10.2. The van der Waals surface area contributed by atoms with Gasteiger partial charge < -0.3 is 14.3 Å². The number of furan rings is 1. The molecule has 0 bridgehead atoms. The molecular weight excluding hydrogens is 292 g/mol. The summed E-state index contributed by atoms with van der Waals surface area (Å²) in [4.78, 5) is 28.9. The molecule has 1 amide bonds. The van der Waals surface area contributed by atoms with Gasteiger partial charge in [-0.25, -0.2) is 0 Å². The van der Waals surface area contributed by atoms with E-state index in [1.165, 1.54) is 12.6 Å². The summed E-state index contributed by atoms with van der Waals surface area (Å²) in [5.74, 6) is 2.83. The highest BCUT2D eigenvalue weighted by Gasteiger charge is 2.38. The minimum atomic E-state index is -0.338. The third-order valence-corrected chi connectivity index (χ3v) is 4.78. The summed E-state index contributed by atoms with van der Waals surface area (Å²) in [5.41, 5.74) is -0.142. The molecule has 2 heterocycles. The van der Waals surface area contributed by atoms with Crippen molar-refractivity contribution in [1.82, 2.24) is 9.88 Å². The molecule has 0 saturated heterocycles. The third-order valence-electron chi connectivity index (χ3n) is 4.78. The van der Waals surface area contributed by atoms with Gasteiger partial charge in [-0.2, -0.15) is 0 Å². The summed E-state index contributed by atoms with van der Waals surface area (Å²) in [6.07, 6.45) is 4.70. The van der Waals surface area contributed by atoms with Crippen molar-refractivity contribution in [2.45, 2.75) is 44.7 Å². The van der Waals surface area contributed by atoms with Gasteiger partial charge in [0.15, 0.2) is 0 Å². The highest BCUT2D eigenvalue weighted by Crippen LogP contribution is 2.47. The number of nitrogens with one attached hydrogen (secondary N) is 1. The maximum atomic E-state index is 12.7. The van der Waals surface area contributed by atoms with Crippen molar-refractivity contribution < 1.29 is 9.21 Å². The van der Waals surface area contributed by atoms with Crippen LogP contribution in [0.3, 0.4) is 0 Å². The molecule has 2 aliphatic rings. The Bertz CT molecular complexity index is 787. The first-order valence-electron chi connectivity index (χ1n) is 8.21. The average molecular weight is 312 g/mol. The Morgan fingerprint density at radius 1 is 1.35 bits per heavy atom. The van der Waals surface area contributed by atoms with Gasteiger partial charge >= 0.3 is 0 Å². The lowest BCUT2D eigenvalue weighted by Gasteiger charge is -2.20. The number of carbonyl (C=O) groups is 1. The zero-order valence-electron chi connectivity index (χ0n) is 13.1. The lowest BCUT2D eigenvalue weighted by Crippen LogP contribution is -2.35. The van der Waals surface area contributed by atoms with E-state index >= 15 is 0 Å². The van der Waals surface area contributed by atoms with Gasteiger partial charge in [0, 0.05) is 18.2 Å². The maximum absolute atomic E-state index is 12.7. The molecular formula is C18H20N2O3. The second kappa shape index (κ2) is 5.41. The van der Waals surface area contributed by atoms with Crippen molar-refractivity contribution in [3.63, 3.8) is 0 Å². The molecule has 2 aromatic heterocycles. The standard InChI is InChI=1S/C18H20N2O3/c1-11-9-15(11)16-7-6-13(23-16)10-20(12-4-5-12)18(22)14-3-2-8-19-17(14)21/h2-3,6-8,11-12,15H,4-5,9-10H2,1H3,(H,19,21)/t11-,15-/m0/s1. The van der Waals surface area contributed by atoms with Gasteiger partial charge in [0.05, 0.1) is 6.54 Å². The van der Waals surface area contributed by atoms with Crippen LogP contribution in [-0.2, 0) is 6.54 Å². The number of hydrogen-bond acceptors (Lipinski definition) is 3. The Hall–Kier alpha value is -2.30. The summed E-state index contributed by atoms with van der Waals surface area (Å²) < 4.78 is 5.92. The van der Waals surface area contributed by atoms with Crippen LogP contribution in [0, 0.1) is 5.92 Å². The Kier molecular flexibility index (Phi) is 3.36. The molecule has 0 aliphatic heterocycles. The monoisotopic (exact) mass is 312 g/mol. The molecule has 1 N–H and O–H groups in total. The van der Waals surface area contributed by atoms with E-state index in [0.717, 1.165) is 24.4 Å². The summed E-state index contributed by atoms with van der Waals surface area (Å²) in [6.45, 7) is 2.65. The van der Waals surface area contributed by atoms with E-state index < -0.39 is 0 Å². The zero-order valence-corrected chi connectivity index (χ0v) is 13.1. The molecule has 0 aromatic carbocycles. The van der Waals surface area contributed by atoms with Crippen molar-refractivity contribution >= 4 is 5.91 Å². The second-order valence-corrected chi connectivity index (χ2v) is 6.70. The van der Waals surface area contributed by atoms with Crippen molar-refractivity contribution in [2.75, 3.05) is 0 Å². The van der Waals surface area contributed by atoms with Gasteiger partial charge in [-0.15, -0.1) is 0 Å². The van der Waals surface area contributed by atoms with Crippen LogP contribution < -0.4 is 5.56 Å². The highest BCUT2D eigenvalue weighted by atomic mass is 16.3. The lowest BCUT2D eigenvalue weighted by molar-refractivity contribution is 0.0715. The number of rotatable bonds is 5. The highest BCUT2D eigenvalue weighted by molar-refractivity contribution is 5.94. The molecule has 5 heteroatoms. The Labute approximate surface area is 134 Å². The topological polar surface area (TPSA) is 66.3 Å². The minimum Gasteiger partial charge on any atom is -0.464 e. The fraction of sp³-hybridized carbons (Fsp3) is 0.444. The van der Waals surface area contributed by atoms with E-state index in [0.29, 0.717) is 18.4 Å². The fourth-order valence-corrected chi connectivity index (χ4v) is 3.06. The Morgan fingerprint density at radius 2 is 2.13 bits per heavy atom. The molecule has 120 valence electrons. The number of hydrogen-bond donors (Lipinski definition) is 1. The van der Waals surface area contributed by atoms with Crippen molar-refractivity contribution in [1.29, 1.82) is 0 Å². The van der Waals surface area contributed by atoms with Crippen LogP contribution >= 0.6 is 0 Å². The van der Waals surface area contributed by atoms with Crippen molar-refractivity contribution in [3.05, 3.63) is 57.9 Å². The molecule has 2 aliphatic carbocycles. The van der Waals surface area contributed by atoms with Crippen molar-refractivity contribution in [2.24, 2.45) is 5.92 Å². The van der Waals surface area contributed by atoms with E-state index in [9.17, 15) is 9.59 Å². The largest absolute Gasteiger partial charge is 0.464 e. The SMILES string of the molecule is C[C@H]1C[C@@H]1c1ccc(CN(C(=O)c2ccc[nH]c2=O)C2CC2)o1. The first-order valence-corrected chi connectivity index (χ1v) is 8.21. The number of H-pyrrole nitrogens is 1. The van der Waals surface area contributed by atoms with Crippen LogP contribution in [0.5, 0.6) is 0 Å². The quantitative estimate of drug-likeness (QED) is 0.923. The summed E-state index contributed by atoms with van der Waals surface area (Å²) in [7, 11) is 0. The van der Waals surface area contributed by atoms with Crippen LogP contribution in [0.4, 0.5) is 0 Å². The van der Waals surface area contributed by atoms with Crippen molar-refractivity contribution in [3.8, 4) is 0 Å². The number of nitrogens with zero attached hydrogens (tertiary/aromatic N) is 1. The average Bonchev–Trinajstić information content (AvgIpc) is 3.46. The van der Waals surface area contributed by atoms with Crippen LogP contribution in [0.15, 0.2) is 39.7 Å². The van der Waals surface area contributed by atoms with Gasteiger partial charge in [-0.1, -0.05) is 6.92 Å². The number of amides is 1. The fourth-order valence-electron chi connectivity index (χ4n) is 3.06. The smallest absolute Gasteiger partial charge is 0.260 e. The number of pyridine rings is 1. The number of carbonyl (C=O) groups excluding carboxylic acids is 1.